The summed E-state index contributed by atoms with van der Waals surface area (Å²) in [7, 11) is 0. The van der Waals surface area contributed by atoms with Gasteiger partial charge in [-0.2, -0.15) is 0 Å². The lowest BCUT2D eigenvalue weighted by molar-refractivity contribution is -0.180. The van der Waals surface area contributed by atoms with Gasteiger partial charge in [-0.25, -0.2) is 0 Å². The molecule has 0 saturated heterocycles. The fourth-order valence-electron chi connectivity index (χ4n) is 7.66. The van der Waals surface area contributed by atoms with E-state index in [0.717, 1.165) is 12.8 Å². The molecule has 0 bridgehead atoms. The Labute approximate surface area is 182 Å². The van der Waals surface area contributed by atoms with Gasteiger partial charge in [0.1, 0.15) is 11.4 Å². The predicted octanol–water partition coefficient (Wildman–Crippen LogP) is 2.86. The average Bonchev–Trinajstić information content (AvgIpc) is 2.94. The van der Waals surface area contributed by atoms with Crippen molar-refractivity contribution >= 4 is 34.9 Å². The number of carbonyl (C=O) groups excluding carboxylic acids is 4. The lowest BCUT2D eigenvalue weighted by Crippen LogP contribution is -2.63. The van der Waals surface area contributed by atoms with E-state index >= 15 is 0 Å². The Morgan fingerprint density at radius 1 is 1.10 bits per heavy atom. The van der Waals surface area contributed by atoms with Crippen molar-refractivity contribution in [3.8, 4) is 0 Å². The second-order valence-electron chi connectivity index (χ2n) is 10.5. The van der Waals surface area contributed by atoms with Crippen molar-refractivity contribution in [1.29, 1.82) is 0 Å². The molecule has 0 aromatic heterocycles. The van der Waals surface area contributed by atoms with E-state index in [4.69, 9.17) is 16.3 Å². The molecule has 8 atom stereocenters. The first-order valence-electron chi connectivity index (χ1n) is 11.0. The first-order valence-corrected chi connectivity index (χ1v) is 11.5. The molecule has 166 valence electrons. The number of hydrogen-bond donors (Lipinski definition) is 1. The monoisotopic (exact) mass is 438 g/mol. The third kappa shape index (κ3) is 2.85. The lowest BCUT2D eigenvalue weighted by atomic mass is 9.44. The number of hydrogen-bond acceptors (Lipinski definition) is 6. The van der Waals surface area contributed by atoms with E-state index < -0.39 is 34.8 Å². The number of ketones is 3. The normalized spacial score (nSPS) is 47.8. The average molecular weight is 439 g/mol. The first kappa shape index (κ1) is 21.9. The summed E-state index contributed by atoms with van der Waals surface area (Å²) in [4.78, 5) is 49.8. The Hall–Kier alpha value is -1.27. The summed E-state index contributed by atoms with van der Waals surface area (Å²) >= 11 is 6.51. The standard InChI is InChI=1S/C23H31ClO6/c1-12(25)30-11-18(28)23(29)9-6-14-13-4-5-15-20(24)16(26)7-8-21(15,2)19(13)17(27)10-22(14,23)3/h13-15,19-20,29H,4-11H2,1-3H3. The van der Waals surface area contributed by atoms with Gasteiger partial charge in [0, 0.05) is 31.1 Å². The van der Waals surface area contributed by atoms with E-state index in [1.807, 2.05) is 6.92 Å². The summed E-state index contributed by atoms with van der Waals surface area (Å²) in [5, 5.41) is 10.9. The highest BCUT2D eigenvalue weighted by molar-refractivity contribution is 6.31. The molecule has 8 unspecified atom stereocenters. The van der Waals surface area contributed by atoms with Crippen LogP contribution in [0, 0.1) is 34.5 Å². The van der Waals surface area contributed by atoms with Gasteiger partial charge >= 0.3 is 5.97 Å². The molecule has 30 heavy (non-hydrogen) atoms. The molecule has 0 radical (unpaired) electrons. The molecule has 0 heterocycles. The van der Waals surface area contributed by atoms with Crippen molar-refractivity contribution in [3.63, 3.8) is 0 Å². The summed E-state index contributed by atoms with van der Waals surface area (Å²) in [6.45, 7) is 4.73. The number of carbonyl (C=O) groups is 4. The molecule has 6 nitrogen and oxygen atoms in total. The molecule has 4 rings (SSSR count). The van der Waals surface area contributed by atoms with E-state index in [2.05, 4.69) is 6.92 Å². The zero-order valence-corrected chi connectivity index (χ0v) is 18.7. The molecule has 0 aromatic carbocycles. The van der Waals surface area contributed by atoms with Crippen LogP contribution in [-0.2, 0) is 23.9 Å². The van der Waals surface area contributed by atoms with Gasteiger partial charge in [-0.1, -0.05) is 13.8 Å². The van der Waals surface area contributed by atoms with Gasteiger partial charge in [0.2, 0.25) is 5.78 Å². The molecule has 0 spiro atoms. The van der Waals surface area contributed by atoms with E-state index in [-0.39, 0.29) is 53.5 Å². The van der Waals surface area contributed by atoms with Crippen molar-refractivity contribution < 1.29 is 29.0 Å². The minimum absolute atomic E-state index is 0.000795. The second kappa shape index (κ2) is 7.13. The number of alkyl halides is 1. The van der Waals surface area contributed by atoms with Crippen LogP contribution in [0.15, 0.2) is 0 Å². The Bertz CT molecular complexity index is 810. The number of ether oxygens (including phenoxy) is 1. The molecule has 0 aliphatic heterocycles. The Balaban J connectivity index is 1.65. The molecule has 1 N–H and O–H groups in total. The highest BCUT2D eigenvalue weighted by Crippen LogP contribution is 2.67. The molecule has 0 amide bonds. The van der Waals surface area contributed by atoms with Crippen LogP contribution in [0.1, 0.15) is 65.7 Å². The molecule has 7 heteroatoms. The maximum Gasteiger partial charge on any atom is 0.303 e. The maximum atomic E-state index is 13.6. The van der Waals surface area contributed by atoms with Gasteiger partial charge in [0.25, 0.3) is 0 Å². The highest BCUT2D eigenvalue weighted by atomic mass is 35.5. The number of fused-ring (bicyclic) bond motifs is 5. The van der Waals surface area contributed by atoms with Crippen LogP contribution in [0.3, 0.4) is 0 Å². The van der Waals surface area contributed by atoms with Gasteiger partial charge in [-0.15, -0.1) is 11.6 Å². The predicted molar refractivity (Wildman–Crippen MR) is 109 cm³/mol. The molecule has 4 saturated carbocycles. The maximum absolute atomic E-state index is 13.6. The Morgan fingerprint density at radius 3 is 2.47 bits per heavy atom. The van der Waals surface area contributed by atoms with Gasteiger partial charge < -0.3 is 9.84 Å². The summed E-state index contributed by atoms with van der Waals surface area (Å²) in [6, 6.07) is 0. The topological polar surface area (TPSA) is 97.7 Å². The first-order chi connectivity index (χ1) is 14.0. The second-order valence-corrected chi connectivity index (χ2v) is 10.9. The van der Waals surface area contributed by atoms with Gasteiger partial charge in [-0.05, 0) is 55.3 Å². The Morgan fingerprint density at radius 2 is 1.80 bits per heavy atom. The fraction of sp³-hybridized carbons (Fsp3) is 0.826. The van der Waals surface area contributed by atoms with Crippen molar-refractivity contribution in [3.05, 3.63) is 0 Å². The SMILES string of the molecule is CC(=O)OCC(=O)C1(O)CCC2C3CCC4C(Cl)C(=O)CCC4(C)C3C(=O)CC21C. The third-order valence-corrected chi connectivity index (χ3v) is 9.77. The summed E-state index contributed by atoms with van der Waals surface area (Å²) in [5.41, 5.74) is -2.84. The summed E-state index contributed by atoms with van der Waals surface area (Å²) < 4.78 is 4.87. The lowest BCUT2D eigenvalue weighted by Gasteiger charge is -2.60. The highest BCUT2D eigenvalue weighted by Gasteiger charge is 2.69. The van der Waals surface area contributed by atoms with Crippen LogP contribution in [0.25, 0.3) is 0 Å². The third-order valence-electron chi connectivity index (χ3n) is 9.22. The number of rotatable bonds is 3. The summed E-state index contributed by atoms with van der Waals surface area (Å²) in [5.74, 6) is -1.00. The van der Waals surface area contributed by atoms with Gasteiger partial charge in [-0.3, -0.25) is 19.2 Å². The molecule has 4 aliphatic rings. The van der Waals surface area contributed by atoms with Gasteiger partial charge in [0.05, 0.1) is 5.38 Å². The van der Waals surface area contributed by atoms with Crippen LogP contribution in [-0.4, -0.2) is 46.0 Å². The molecule has 4 aliphatic carbocycles. The zero-order valence-electron chi connectivity index (χ0n) is 17.9. The smallest absolute Gasteiger partial charge is 0.303 e. The number of aliphatic hydroxyl groups is 1. The van der Waals surface area contributed by atoms with Crippen LogP contribution >= 0.6 is 11.6 Å². The van der Waals surface area contributed by atoms with E-state index in [1.165, 1.54) is 6.92 Å². The van der Waals surface area contributed by atoms with Crippen LogP contribution < -0.4 is 0 Å². The van der Waals surface area contributed by atoms with Crippen molar-refractivity contribution in [1.82, 2.24) is 0 Å². The summed E-state index contributed by atoms with van der Waals surface area (Å²) in [6.07, 6.45) is 3.72. The van der Waals surface area contributed by atoms with Crippen LogP contribution in [0.4, 0.5) is 0 Å². The van der Waals surface area contributed by atoms with Crippen LogP contribution in [0.5, 0.6) is 0 Å². The molecule has 4 fully saturated rings. The Kier molecular flexibility index (Phi) is 5.21. The zero-order chi connectivity index (χ0) is 22.1. The number of halogens is 1. The van der Waals surface area contributed by atoms with Crippen molar-refractivity contribution in [2.75, 3.05) is 6.61 Å². The fourth-order valence-corrected chi connectivity index (χ4v) is 8.18. The molecular formula is C23H31ClO6. The quantitative estimate of drug-likeness (QED) is 0.537. The van der Waals surface area contributed by atoms with Crippen molar-refractivity contribution in [2.24, 2.45) is 34.5 Å². The van der Waals surface area contributed by atoms with E-state index in [0.29, 0.717) is 19.3 Å². The largest absolute Gasteiger partial charge is 0.458 e. The minimum atomic E-state index is -1.66. The number of esters is 1. The van der Waals surface area contributed by atoms with Crippen LogP contribution in [0.2, 0.25) is 0 Å². The molecular weight excluding hydrogens is 408 g/mol. The van der Waals surface area contributed by atoms with E-state index in [1.54, 1.807) is 0 Å². The number of Topliss-reactive ketones (excluding diaryl/α,β-unsaturated/α-hetero) is 3. The van der Waals surface area contributed by atoms with E-state index in [9.17, 15) is 24.3 Å². The minimum Gasteiger partial charge on any atom is -0.458 e. The van der Waals surface area contributed by atoms with Gasteiger partial charge in [0.15, 0.2) is 12.4 Å². The van der Waals surface area contributed by atoms with Crippen molar-refractivity contribution in [2.45, 2.75) is 76.7 Å². The molecule has 0 aromatic rings.